The molecule has 0 aliphatic rings. The molecule has 1 amide bonds. The quantitative estimate of drug-likeness (QED) is 0.915. The molecule has 0 unspecified atom stereocenters. The third kappa shape index (κ3) is 3.12. The second-order valence-electron chi connectivity index (χ2n) is 4.41. The van der Waals surface area contributed by atoms with Gasteiger partial charge in [0.2, 0.25) is 5.56 Å². The number of aromatic nitrogens is 1. The molecule has 0 saturated heterocycles. The summed E-state index contributed by atoms with van der Waals surface area (Å²) in [6, 6.07) is 12.0. The first-order chi connectivity index (χ1) is 9.60. The fourth-order valence-electron chi connectivity index (χ4n) is 1.88. The second-order valence-corrected chi connectivity index (χ2v) is 4.41. The smallest absolute Gasteiger partial charge is 0.254 e. The van der Waals surface area contributed by atoms with Gasteiger partial charge in [-0.05, 0) is 23.8 Å². The van der Waals surface area contributed by atoms with Crippen LogP contribution in [0.2, 0.25) is 0 Å². The zero-order chi connectivity index (χ0) is 14.5. The van der Waals surface area contributed by atoms with Crippen LogP contribution in [0.5, 0.6) is 0 Å². The van der Waals surface area contributed by atoms with E-state index in [1.54, 1.807) is 31.3 Å². The van der Waals surface area contributed by atoms with E-state index < -0.39 is 0 Å². The summed E-state index contributed by atoms with van der Waals surface area (Å²) in [5.74, 6) is -0.238. The molecule has 20 heavy (non-hydrogen) atoms. The van der Waals surface area contributed by atoms with Gasteiger partial charge in [0.25, 0.3) is 5.91 Å². The largest absolute Gasteiger partial charge is 0.337 e. The SMILES string of the molecule is CN(Cc1cccc(C#N)c1)C(=O)c1cc[nH]c(=O)c1. The summed E-state index contributed by atoms with van der Waals surface area (Å²) in [7, 11) is 1.66. The molecule has 0 saturated carbocycles. The van der Waals surface area contributed by atoms with E-state index in [4.69, 9.17) is 5.26 Å². The number of nitriles is 1. The summed E-state index contributed by atoms with van der Waals surface area (Å²) in [5.41, 5.74) is 1.45. The number of hydrogen-bond acceptors (Lipinski definition) is 3. The van der Waals surface area contributed by atoms with Crippen LogP contribution in [0, 0.1) is 11.3 Å². The molecule has 100 valence electrons. The van der Waals surface area contributed by atoms with Crippen LogP contribution in [-0.4, -0.2) is 22.8 Å². The Labute approximate surface area is 116 Å². The minimum absolute atomic E-state index is 0.238. The lowest BCUT2D eigenvalue weighted by Gasteiger charge is -2.17. The lowest BCUT2D eigenvalue weighted by Crippen LogP contribution is -2.27. The number of H-pyrrole nitrogens is 1. The highest BCUT2D eigenvalue weighted by molar-refractivity contribution is 5.93. The molecule has 0 fully saturated rings. The van der Waals surface area contributed by atoms with Crippen molar-refractivity contribution in [2.75, 3.05) is 7.05 Å². The molecule has 5 heteroatoms. The highest BCUT2D eigenvalue weighted by Gasteiger charge is 2.12. The van der Waals surface area contributed by atoms with Gasteiger partial charge in [0.1, 0.15) is 0 Å². The van der Waals surface area contributed by atoms with Crippen molar-refractivity contribution in [2.45, 2.75) is 6.54 Å². The van der Waals surface area contributed by atoms with Crippen LogP contribution in [0.15, 0.2) is 47.4 Å². The van der Waals surface area contributed by atoms with Crippen molar-refractivity contribution in [3.8, 4) is 6.07 Å². The van der Waals surface area contributed by atoms with E-state index in [1.165, 1.54) is 17.2 Å². The van der Waals surface area contributed by atoms with Crippen molar-refractivity contribution in [1.82, 2.24) is 9.88 Å². The number of carbonyl (C=O) groups is 1. The average molecular weight is 267 g/mol. The number of rotatable bonds is 3. The van der Waals surface area contributed by atoms with E-state index in [2.05, 4.69) is 11.1 Å². The van der Waals surface area contributed by atoms with Crippen molar-refractivity contribution in [3.05, 3.63) is 69.6 Å². The van der Waals surface area contributed by atoms with Gasteiger partial charge in [-0.2, -0.15) is 5.26 Å². The number of benzene rings is 1. The molecule has 5 nitrogen and oxygen atoms in total. The van der Waals surface area contributed by atoms with Gasteiger partial charge < -0.3 is 9.88 Å². The van der Waals surface area contributed by atoms with Crippen molar-refractivity contribution in [3.63, 3.8) is 0 Å². The van der Waals surface area contributed by atoms with E-state index in [-0.39, 0.29) is 11.5 Å². The van der Waals surface area contributed by atoms with Crippen molar-refractivity contribution in [2.24, 2.45) is 0 Å². The number of nitrogens with zero attached hydrogens (tertiary/aromatic N) is 2. The lowest BCUT2D eigenvalue weighted by atomic mass is 10.1. The summed E-state index contributed by atoms with van der Waals surface area (Å²) in [6.07, 6.45) is 1.44. The molecular weight excluding hydrogens is 254 g/mol. The number of amides is 1. The number of carbonyl (C=O) groups excluding carboxylic acids is 1. The predicted octanol–water partition coefficient (Wildman–Crippen LogP) is 1.52. The monoisotopic (exact) mass is 267 g/mol. The molecule has 1 N–H and O–H groups in total. The van der Waals surface area contributed by atoms with Gasteiger partial charge in [-0.25, -0.2) is 0 Å². The minimum atomic E-state index is -0.310. The Morgan fingerprint density at radius 2 is 2.15 bits per heavy atom. The molecule has 0 aliphatic carbocycles. The first-order valence-electron chi connectivity index (χ1n) is 6.03. The van der Waals surface area contributed by atoms with Crippen LogP contribution in [0.1, 0.15) is 21.5 Å². The highest BCUT2D eigenvalue weighted by atomic mass is 16.2. The van der Waals surface area contributed by atoms with Gasteiger partial charge in [0.15, 0.2) is 0 Å². The van der Waals surface area contributed by atoms with Crippen LogP contribution in [0.4, 0.5) is 0 Å². The second kappa shape index (κ2) is 5.85. The van der Waals surface area contributed by atoms with Crippen LogP contribution in [0.25, 0.3) is 0 Å². The minimum Gasteiger partial charge on any atom is -0.337 e. The van der Waals surface area contributed by atoms with Crippen LogP contribution in [-0.2, 0) is 6.54 Å². The van der Waals surface area contributed by atoms with Crippen molar-refractivity contribution < 1.29 is 4.79 Å². The van der Waals surface area contributed by atoms with E-state index in [0.717, 1.165) is 5.56 Å². The molecule has 1 aromatic carbocycles. The predicted molar refractivity (Wildman–Crippen MR) is 74.0 cm³/mol. The number of pyridine rings is 1. The van der Waals surface area contributed by atoms with Crippen LogP contribution < -0.4 is 5.56 Å². The van der Waals surface area contributed by atoms with Crippen LogP contribution >= 0.6 is 0 Å². The molecule has 0 aliphatic heterocycles. The summed E-state index contributed by atoms with van der Waals surface area (Å²) in [6.45, 7) is 0.376. The Bertz CT molecular complexity index is 728. The molecule has 0 atom stereocenters. The highest BCUT2D eigenvalue weighted by Crippen LogP contribution is 2.09. The van der Waals surface area contributed by atoms with E-state index in [9.17, 15) is 9.59 Å². The first-order valence-corrected chi connectivity index (χ1v) is 6.03. The normalized spacial score (nSPS) is 9.80. The van der Waals surface area contributed by atoms with E-state index >= 15 is 0 Å². The Kier molecular flexibility index (Phi) is 3.96. The molecule has 0 bridgehead atoms. The van der Waals surface area contributed by atoms with Gasteiger partial charge in [-0.1, -0.05) is 12.1 Å². The molecular formula is C15H13N3O2. The summed E-state index contributed by atoms with van der Waals surface area (Å²) < 4.78 is 0. The van der Waals surface area contributed by atoms with E-state index in [0.29, 0.717) is 17.7 Å². The third-order valence-corrected chi connectivity index (χ3v) is 2.84. The zero-order valence-corrected chi connectivity index (χ0v) is 11.0. The Hall–Kier alpha value is -2.87. The fourth-order valence-corrected chi connectivity index (χ4v) is 1.88. The standard InChI is InChI=1S/C15H13N3O2/c1-18(10-12-4-2-3-11(7-12)9-16)15(20)13-5-6-17-14(19)8-13/h2-8H,10H2,1H3,(H,17,19). The zero-order valence-electron chi connectivity index (χ0n) is 11.0. The first kappa shape index (κ1) is 13.6. The number of hydrogen-bond donors (Lipinski definition) is 1. The molecule has 2 aromatic rings. The van der Waals surface area contributed by atoms with E-state index in [1.807, 2.05) is 6.07 Å². The number of aromatic amines is 1. The van der Waals surface area contributed by atoms with Gasteiger partial charge in [0.05, 0.1) is 11.6 Å². The molecule has 0 spiro atoms. The molecule has 1 aromatic heterocycles. The van der Waals surface area contributed by atoms with Crippen molar-refractivity contribution >= 4 is 5.91 Å². The van der Waals surface area contributed by atoms with Gasteiger partial charge in [-0.15, -0.1) is 0 Å². The van der Waals surface area contributed by atoms with Gasteiger partial charge >= 0.3 is 0 Å². The Morgan fingerprint density at radius 1 is 1.35 bits per heavy atom. The maximum absolute atomic E-state index is 12.2. The van der Waals surface area contributed by atoms with Gasteiger partial charge in [0, 0.05) is 31.4 Å². The maximum Gasteiger partial charge on any atom is 0.254 e. The Morgan fingerprint density at radius 3 is 2.85 bits per heavy atom. The van der Waals surface area contributed by atoms with Crippen LogP contribution in [0.3, 0.4) is 0 Å². The topological polar surface area (TPSA) is 77.0 Å². The Balaban J connectivity index is 2.15. The number of nitrogens with one attached hydrogen (secondary N) is 1. The molecule has 2 rings (SSSR count). The molecule has 1 heterocycles. The summed E-state index contributed by atoms with van der Waals surface area (Å²) in [5, 5.41) is 8.85. The maximum atomic E-state index is 12.2. The van der Waals surface area contributed by atoms with Crippen molar-refractivity contribution in [1.29, 1.82) is 5.26 Å². The summed E-state index contributed by atoms with van der Waals surface area (Å²) in [4.78, 5) is 27.3. The fraction of sp³-hybridized carbons (Fsp3) is 0.133. The average Bonchev–Trinajstić information content (AvgIpc) is 2.46. The third-order valence-electron chi connectivity index (χ3n) is 2.84. The molecule has 0 radical (unpaired) electrons. The van der Waals surface area contributed by atoms with Gasteiger partial charge in [-0.3, -0.25) is 9.59 Å². The summed E-state index contributed by atoms with van der Waals surface area (Å²) >= 11 is 0. The lowest BCUT2D eigenvalue weighted by molar-refractivity contribution is 0.0785.